The van der Waals surface area contributed by atoms with Gasteiger partial charge in [0.05, 0.1) is 10.7 Å². The molecule has 0 aliphatic carbocycles. The van der Waals surface area contributed by atoms with Crippen LogP contribution in [0.5, 0.6) is 0 Å². The maximum atomic E-state index is 3.82. The molecule has 2 nitrogen and oxygen atoms in total. The van der Waals surface area contributed by atoms with Crippen LogP contribution < -0.4 is 33.4 Å². The van der Waals surface area contributed by atoms with Crippen molar-refractivity contribution in [2.24, 2.45) is 0 Å². The van der Waals surface area contributed by atoms with Crippen LogP contribution in [0.4, 0.5) is 5.69 Å². The predicted molar refractivity (Wildman–Crippen MR) is 85.5 cm³/mol. The number of benzene rings is 1. The third-order valence-electron chi connectivity index (χ3n) is 3.34. The zero-order valence-electron chi connectivity index (χ0n) is 11.9. The largest absolute Gasteiger partial charge is 1.00 e. The molecule has 0 fully saturated rings. The van der Waals surface area contributed by atoms with Gasteiger partial charge in [-0.2, -0.15) is 4.57 Å². The quantitative estimate of drug-likeness (QED) is 0.420. The molecule has 0 unspecified atom stereocenters. The van der Waals surface area contributed by atoms with E-state index in [9.17, 15) is 0 Å². The molecule has 0 saturated carbocycles. The minimum atomic E-state index is 0. The number of halogens is 1. The van der Waals surface area contributed by atoms with Gasteiger partial charge in [-0.15, -0.1) is 0 Å². The smallest absolute Gasteiger partial charge is 0.208 e. The lowest BCUT2D eigenvalue weighted by Crippen LogP contribution is -3.00. The molecular formula is C17H17IN2S. The van der Waals surface area contributed by atoms with E-state index in [2.05, 4.69) is 71.8 Å². The molecule has 0 amide bonds. The molecule has 1 aliphatic rings. The van der Waals surface area contributed by atoms with Gasteiger partial charge in [-0.25, -0.2) is 0 Å². The van der Waals surface area contributed by atoms with Gasteiger partial charge in [-0.3, -0.25) is 0 Å². The lowest BCUT2D eigenvalue weighted by molar-refractivity contribution is -0.688. The maximum absolute atomic E-state index is 3.82. The van der Waals surface area contributed by atoms with E-state index in [1.165, 1.54) is 21.3 Å². The number of hydrogen-bond acceptors (Lipinski definition) is 2. The summed E-state index contributed by atoms with van der Waals surface area (Å²) in [6.07, 6.45) is 6.23. The summed E-state index contributed by atoms with van der Waals surface area (Å²) in [5.74, 6) is 0. The van der Waals surface area contributed by atoms with Gasteiger partial charge in [0.25, 0.3) is 0 Å². The van der Waals surface area contributed by atoms with Gasteiger partial charge in [0.2, 0.25) is 5.69 Å². The number of thioether (sulfide) groups is 1. The average molecular weight is 408 g/mol. The highest BCUT2D eigenvalue weighted by Gasteiger charge is 2.22. The number of aromatic nitrogens is 1. The molecule has 21 heavy (non-hydrogen) atoms. The number of rotatable bonds is 3. The number of hydrogen-bond donors (Lipinski definition) is 0. The molecule has 108 valence electrons. The topological polar surface area (TPSA) is 7.12 Å². The molecule has 3 rings (SSSR count). The van der Waals surface area contributed by atoms with Crippen molar-refractivity contribution in [3.8, 4) is 0 Å². The van der Waals surface area contributed by atoms with E-state index in [0.29, 0.717) is 0 Å². The van der Waals surface area contributed by atoms with E-state index in [0.717, 1.165) is 6.54 Å². The Morgan fingerprint density at radius 3 is 2.71 bits per heavy atom. The van der Waals surface area contributed by atoms with Crippen molar-refractivity contribution in [1.29, 1.82) is 0 Å². The Hall–Kier alpha value is -1.27. The van der Waals surface area contributed by atoms with Crippen molar-refractivity contribution < 1.29 is 28.5 Å². The summed E-state index contributed by atoms with van der Waals surface area (Å²) in [5, 5.41) is 1.25. The summed E-state index contributed by atoms with van der Waals surface area (Å²) in [6.45, 7) is 4.64. The van der Waals surface area contributed by atoms with Gasteiger partial charge in [-0.1, -0.05) is 30.5 Å². The van der Waals surface area contributed by atoms with Crippen LogP contribution in [-0.4, -0.2) is 7.05 Å². The van der Waals surface area contributed by atoms with Gasteiger partial charge >= 0.3 is 0 Å². The van der Waals surface area contributed by atoms with Crippen molar-refractivity contribution >= 4 is 23.5 Å². The minimum absolute atomic E-state index is 0. The molecule has 2 aromatic rings. The summed E-state index contributed by atoms with van der Waals surface area (Å²) in [4.78, 5) is 3.55. The second-order valence-corrected chi connectivity index (χ2v) is 5.74. The highest BCUT2D eigenvalue weighted by Crippen LogP contribution is 2.45. The van der Waals surface area contributed by atoms with Crippen LogP contribution >= 0.6 is 11.8 Å². The average Bonchev–Trinajstić information content (AvgIpc) is 2.79. The lowest BCUT2D eigenvalue weighted by atomic mass is 10.3. The molecule has 0 atom stereocenters. The fraction of sp³-hybridized carbons (Fsp3) is 0.118. The highest BCUT2D eigenvalue weighted by atomic mass is 127. The van der Waals surface area contributed by atoms with Crippen molar-refractivity contribution in [2.45, 2.75) is 11.4 Å². The Balaban J connectivity index is 0.00000161. The summed E-state index contributed by atoms with van der Waals surface area (Å²) < 4.78 is 2.19. The summed E-state index contributed by atoms with van der Waals surface area (Å²) in [5.41, 5.74) is 2.46. The van der Waals surface area contributed by atoms with Crippen LogP contribution in [0.25, 0.3) is 6.08 Å². The first-order valence-corrected chi connectivity index (χ1v) is 7.43. The van der Waals surface area contributed by atoms with Gasteiger partial charge in [0.15, 0.2) is 12.7 Å². The zero-order valence-corrected chi connectivity index (χ0v) is 14.8. The molecule has 1 aliphatic heterocycles. The number of para-hydroxylation sites is 1. The van der Waals surface area contributed by atoms with Crippen molar-refractivity contribution in [2.75, 3.05) is 11.9 Å². The van der Waals surface area contributed by atoms with Crippen LogP contribution in [-0.2, 0) is 6.54 Å². The van der Waals surface area contributed by atoms with E-state index in [1.807, 2.05) is 23.9 Å². The second kappa shape index (κ2) is 7.13. The Bertz CT molecular complexity index is 682. The van der Waals surface area contributed by atoms with Crippen LogP contribution in [0.1, 0.15) is 5.69 Å². The fourth-order valence-corrected chi connectivity index (χ4v) is 3.40. The Kier molecular flexibility index (Phi) is 5.47. The highest BCUT2D eigenvalue weighted by molar-refractivity contribution is 8.03. The van der Waals surface area contributed by atoms with Crippen LogP contribution in [0.2, 0.25) is 0 Å². The Morgan fingerprint density at radius 1 is 1.19 bits per heavy atom. The minimum Gasteiger partial charge on any atom is -1.00 e. The molecule has 0 radical (unpaired) electrons. The molecule has 1 aromatic heterocycles. The SMILES string of the molecule is C=CC[n+]1ccccc1/C=C1\Sc2ccccc2N1C.[I-]. The third kappa shape index (κ3) is 3.32. The van der Waals surface area contributed by atoms with Gasteiger partial charge in [-0.05, 0) is 24.3 Å². The maximum Gasteiger partial charge on any atom is 0.208 e. The summed E-state index contributed by atoms with van der Waals surface area (Å²) in [7, 11) is 2.12. The van der Waals surface area contributed by atoms with E-state index in [1.54, 1.807) is 0 Å². The van der Waals surface area contributed by atoms with Crippen LogP contribution in [0.3, 0.4) is 0 Å². The summed E-state index contributed by atoms with van der Waals surface area (Å²) in [6, 6.07) is 14.7. The second-order valence-electron chi connectivity index (χ2n) is 4.68. The van der Waals surface area contributed by atoms with Gasteiger partial charge < -0.3 is 28.9 Å². The molecule has 0 N–H and O–H groups in total. The van der Waals surface area contributed by atoms with E-state index < -0.39 is 0 Å². The first kappa shape index (κ1) is 16.1. The van der Waals surface area contributed by atoms with E-state index in [-0.39, 0.29) is 24.0 Å². The van der Waals surface area contributed by atoms with Crippen molar-refractivity contribution in [3.05, 3.63) is 72.0 Å². The van der Waals surface area contributed by atoms with Crippen molar-refractivity contribution in [1.82, 2.24) is 0 Å². The summed E-state index contributed by atoms with van der Waals surface area (Å²) >= 11 is 1.81. The first-order valence-electron chi connectivity index (χ1n) is 6.61. The first-order chi connectivity index (χ1) is 9.79. The van der Waals surface area contributed by atoms with Crippen LogP contribution in [0, 0.1) is 0 Å². The Labute approximate surface area is 147 Å². The van der Waals surface area contributed by atoms with E-state index >= 15 is 0 Å². The normalized spacial score (nSPS) is 14.7. The molecular weight excluding hydrogens is 391 g/mol. The predicted octanol–water partition coefficient (Wildman–Crippen LogP) is 0.705. The number of anilines is 1. The molecule has 0 spiro atoms. The number of pyridine rings is 1. The standard InChI is InChI=1S/C17H17N2S.HI/c1-3-11-19-12-7-6-8-14(19)13-17-18(2)15-9-4-5-10-16(15)20-17;/h3-10,12-13H,1,11H2,2H3;1H/q+1;/p-1. The third-order valence-corrected chi connectivity index (χ3v) is 4.51. The zero-order chi connectivity index (χ0) is 13.9. The lowest BCUT2D eigenvalue weighted by Gasteiger charge is -2.12. The molecule has 2 heterocycles. The fourth-order valence-electron chi connectivity index (χ4n) is 2.30. The number of fused-ring (bicyclic) bond motifs is 1. The molecule has 0 saturated heterocycles. The van der Waals surface area contributed by atoms with Crippen molar-refractivity contribution in [3.63, 3.8) is 0 Å². The molecule has 4 heteroatoms. The Morgan fingerprint density at radius 2 is 1.95 bits per heavy atom. The van der Waals surface area contributed by atoms with Crippen LogP contribution in [0.15, 0.2) is 71.2 Å². The van der Waals surface area contributed by atoms with Gasteiger partial charge in [0.1, 0.15) is 0 Å². The van der Waals surface area contributed by atoms with E-state index in [4.69, 9.17) is 0 Å². The molecule has 0 bridgehead atoms. The monoisotopic (exact) mass is 408 g/mol. The number of nitrogens with zero attached hydrogens (tertiary/aromatic N) is 2. The van der Waals surface area contributed by atoms with Gasteiger partial charge in [0, 0.05) is 30.2 Å². The molecule has 1 aromatic carbocycles. The number of allylic oxidation sites excluding steroid dienone is 1.